The molecule has 0 aromatic carbocycles. The number of hydrogen-bond donors (Lipinski definition) is 1. The van der Waals surface area contributed by atoms with Crippen molar-refractivity contribution in [3.8, 4) is 0 Å². The zero-order valence-corrected chi connectivity index (χ0v) is 9.61. The monoisotopic (exact) mass is 212 g/mol. The molecule has 2 nitrogen and oxygen atoms in total. The van der Waals surface area contributed by atoms with Gasteiger partial charge in [0.25, 0.3) is 0 Å². The first-order valence-corrected chi connectivity index (χ1v) is 6.97. The molecule has 14 heavy (non-hydrogen) atoms. The third kappa shape index (κ3) is 1.18. The summed E-state index contributed by atoms with van der Waals surface area (Å²) in [6, 6.07) is 0. The largest absolute Gasteiger partial charge is 0.329 e. The third-order valence-corrected chi connectivity index (χ3v) is 6.13. The molecule has 0 atom stereocenters. The fraction of sp³-hybridized carbons (Fsp3) is 1.00. The maximum Gasteiger partial charge on any atom is 0.0512 e. The molecule has 2 N–H and O–H groups in total. The van der Waals surface area contributed by atoms with Crippen LogP contribution in [0.15, 0.2) is 0 Å². The Bertz CT molecular complexity index is 228. The molecular weight excluding hydrogens is 192 g/mol. The van der Waals surface area contributed by atoms with Gasteiger partial charge in [0.05, 0.1) is 5.54 Å². The van der Waals surface area contributed by atoms with Crippen LogP contribution >= 0.6 is 11.8 Å². The summed E-state index contributed by atoms with van der Waals surface area (Å²) >= 11 is 2.06. The van der Waals surface area contributed by atoms with Crippen molar-refractivity contribution in [3.05, 3.63) is 0 Å². The van der Waals surface area contributed by atoms with Crippen molar-refractivity contribution in [2.45, 2.75) is 31.2 Å². The molecular formula is C11H20N2S. The van der Waals surface area contributed by atoms with E-state index >= 15 is 0 Å². The zero-order valence-electron chi connectivity index (χ0n) is 8.80. The molecule has 2 saturated heterocycles. The lowest BCUT2D eigenvalue weighted by molar-refractivity contribution is 0.0957. The van der Waals surface area contributed by atoms with Crippen LogP contribution in [0.2, 0.25) is 0 Å². The van der Waals surface area contributed by atoms with Crippen LogP contribution in [0.3, 0.4) is 0 Å². The zero-order chi connectivity index (χ0) is 9.65. The molecule has 2 heterocycles. The first-order valence-electron chi connectivity index (χ1n) is 5.82. The second-order valence-electron chi connectivity index (χ2n) is 5.45. The smallest absolute Gasteiger partial charge is 0.0512 e. The number of thioether (sulfide) groups is 1. The normalized spacial score (nSPS) is 34.1. The topological polar surface area (TPSA) is 29.3 Å². The predicted octanol–water partition coefficient (Wildman–Crippen LogP) is 1.31. The Morgan fingerprint density at radius 1 is 1.21 bits per heavy atom. The Morgan fingerprint density at radius 3 is 2.36 bits per heavy atom. The van der Waals surface area contributed by atoms with Gasteiger partial charge in [-0.3, -0.25) is 4.90 Å². The predicted molar refractivity (Wildman–Crippen MR) is 61.6 cm³/mol. The average Bonchev–Trinajstić information content (AvgIpc) is 2.48. The summed E-state index contributed by atoms with van der Waals surface area (Å²) in [5.41, 5.74) is 7.09. The van der Waals surface area contributed by atoms with Gasteiger partial charge < -0.3 is 5.73 Å². The van der Waals surface area contributed by atoms with Crippen molar-refractivity contribution in [3.63, 3.8) is 0 Å². The summed E-state index contributed by atoms with van der Waals surface area (Å²) in [6.45, 7) is 3.54. The van der Waals surface area contributed by atoms with Crippen molar-refractivity contribution in [2.75, 3.05) is 31.1 Å². The molecule has 3 rings (SSSR count). The van der Waals surface area contributed by atoms with E-state index in [1.807, 2.05) is 0 Å². The Labute approximate surface area is 90.6 Å². The second kappa shape index (κ2) is 3.13. The van der Waals surface area contributed by atoms with Gasteiger partial charge in [-0.2, -0.15) is 11.8 Å². The highest BCUT2D eigenvalue weighted by molar-refractivity contribution is 8.00. The molecule has 0 unspecified atom stereocenters. The fourth-order valence-electron chi connectivity index (χ4n) is 3.19. The fourth-order valence-corrected chi connectivity index (χ4v) is 4.47. The highest BCUT2D eigenvalue weighted by atomic mass is 32.2. The van der Waals surface area contributed by atoms with Crippen LogP contribution in [0.5, 0.6) is 0 Å². The lowest BCUT2D eigenvalue weighted by Gasteiger charge is -2.49. The highest BCUT2D eigenvalue weighted by Crippen LogP contribution is 2.51. The van der Waals surface area contributed by atoms with Crippen molar-refractivity contribution in [2.24, 2.45) is 11.1 Å². The maximum absolute atomic E-state index is 5.94. The molecule has 1 aliphatic carbocycles. The summed E-state index contributed by atoms with van der Waals surface area (Å²) in [4.78, 5) is 2.71. The minimum atomic E-state index is 0.407. The third-order valence-electron chi connectivity index (χ3n) is 4.64. The lowest BCUT2D eigenvalue weighted by atomic mass is 9.68. The summed E-state index contributed by atoms with van der Waals surface area (Å²) in [7, 11) is 0. The van der Waals surface area contributed by atoms with E-state index in [0.29, 0.717) is 5.54 Å². The van der Waals surface area contributed by atoms with E-state index < -0.39 is 0 Å². The molecule has 0 amide bonds. The molecule has 0 bridgehead atoms. The van der Waals surface area contributed by atoms with Gasteiger partial charge in [0.1, 0.15) is 0 Å². The Morgan fingerprint density at radius 2 is 2.00 bits per heavy atom. The van der Waals surface area contributed by atoms with E-state index in [9.17, 15) is 0 Å². The van der Waals surface area contributed by atoms with Crippen LogP contribution in [-0.2, 0) is 0 Å². The van der Waals surface area contributed by atoms with Crippen LogP contribution in [0.1, 0.15) is 25.7 Å². The summed E-state index contributed by atoms with van der Waals surface area (Å²) < 4.78 is 0. The van der Waals surface area contributed by atoms with Gasteiger partial charge in [0.15, 0.2) is 0 Å². The molecule has 1 spiro atoms. The van der Waals surface area contributed by atoms with Crippen molar-refractivity contribution in [1.29, 1.82) is 0 Å². The number of nitrogens with two attached hydrogens (primary N) is 1. The van der Waals surface area contributed by atoms with E-state index in [1.165, 1.54) is 50.3 Å². The van der Waals surface area contributed by atoms with Crippen molar-refractivity contribution < 1.29 is 0 Å². The molecule has 3 fully saturated rings. The second-order valence-corrected chi connectivity index (χ2v) is 6.43. The lowest BCUT2D eigenvalue weighted by Crippen LogP contribution is -2.62. The highest BCUT2D eigenvalue weighted by Gasteiger charge is 2.51. The minimum Gasteiger partial charge on any atom is -0.329 e. The number of nitrogens with zero attached hydrogens (tertiary/aromatic N) is 1. The van der Waals surface area contributed by atoms with Crippen molar-refractivity contribution >= 4 is 11.8 Å². The van der Waals surface area contributed by atoms with E-state index in [1.54, 1.807) is 0 Å². The van der Waals surface area contributed by atoms with Gasteiger partial charge >= 0.3 is 0 Å². The van der Waals surface area contributed by atoms with Crippen LogP contribution < -0.4 is 5.73 Å². The van der Waals surface area contributed by atoms with Crippen LogP contribution in [0.4, 0.5) is 0 Å². The Balaban J connectivity index is 1.69. The number of likely N-dealkylation sites (tertiary alicyclic amines) is 1. The standard InChI is InChI=1S/C11H20N2S/c12-6-11(8-14-9-11)13-5-4-10(7-13)2-1-3-10/h1-9,12H2. The van der Waals surface area contributed by atoms with Crippen LogP contribution in [0, 0.1) is 5.41 Å². The van der Waals surface area contributed by atoms with E-state index in [-0.39, 0.29) is 0 Å². The van der Waals surface area contributed by atoms with E-state index in [0.717, 1.165) is 12.0 Å². The number of rotatable bonds is 2. The average molecular weight is 212 g/mol. The van der Waals surface area contributed by atoms with Gasteiger partial charge in [-0.05, 0) is 31.2 Å². The summed E-state index contributed by atoms with van der Waals surface area (Å²) in [5, 5.41) is 0. The molecule has 80 valence electrons. The molecule has 3 heteroatoms. The first kappa shape index (κ1) is 9.49. The Hall–Kier alpha value is 0.270. The Kier molecular flexibility index (Phi) is 2.12. The van der Waals surface area contributed by atoms with Gasteiger partial charge in [-0.25, -0.2) is 0 Å². The van der Waals surface area contributed by atoms with E-state index in [2.05, 4.69) is 16.7 Å². The molecule has 0 radical (unpaired) electrons. The van der Waals surface area contributed by atoms with Crippen LogP contribution in [-0.4, -0.2) is 41.6 Å². The molecule has 2 aliphatic heterocycles. The van der Waals surface area contributed by atoms with Gasteiger partial charge in [-0.1, -0.05) is 6.42 Å². The molecule has 0 aromatic rings. The van der Waals surface area contributed by atoms with Crippen molar-refractivity contribution in [1.82, 2.24) is 4.90 Å². The summed E-state index contributed by atoms with van der Waals surface area (Å²) in [6.07, 6.45) is 5.88. The quantitative estimate of drug-likeness (QED) is 0.748. The van der Waals surface area contributed by atoms with Crippen LogP contribution in [0.25, 0.3) is 0 Å². The van der Waals surface area contributed by atoms with Gasteiger partial charge in [0, 0.05) is 24.6 Å². The van der Waals surface area contributed by atoms with E-state index in [4.69, 9.17) is 5.73 Å². The molecule has 3 aliphatic rings. The SMILES string of the molecule is NCC1(N2CCC3(CCC3)C2)CSC1. The number of hydrogen-bond acceptors (Lipinski definition) is 3. The summed E-state index contributed by atoms with van der Waals surface area (Å²) in [5.74, 6) is 2.55. The minimum absolute atomic E-state index is 0.407. The molecule has 1 saturated carbocycles. The first-order chi connectivity index (χ1) is 6.79. The molecule has 0 aromatic heterocycles. The maximum atomic E-state index is 5.94. The van der Waals surface area contributed by atoms with Gasteiger partial charge in [0.2, 0.25) is 0 Å². The van der Waals surface area contributed by atoms with Gasteiger partial charge in [-0.15, -0.1) is 0 Å².